The number of likely N-dealkylation sites (N-methyl/N-ethyl adjacent to an activating group) is 1. The molecule has 0 unspecified atom stereocenters. The minimum absolute atomic E-state index is 0.305. The number of carboxylic acid groups (broad SMARTS) is 1. The van der Waals surface area contributed by atoms with Crippen LogP contribution in [0.2, 0.25) is 0 Å². The molecule has 2 amide bonds. The minimum atomic E-state index is -1.58. The number of aliphatic hydroxyl groups is 1. The Balaban J connectivity index is 4.12. The van der Waals surface area contributed by atoms with Crippen LogP contribution in [0.15, 0.2) is 12.2 Å². The summed E-state index contributed by atoms with van der Waals surface area (Å²) >= 11 is 0. The number of hydrogen-bond acceptors (Lipinski definition) is 3. The Morgan fingerprint density at radius 3 is 2.44 bits per heavy atom. The molecule has 0 bridgehead atoms. The lowest BCUT2D eigenvalue weighted by Gasteiger charge is -2.21. The zero-order chi connectivity index (χ0) is 12.7. The number of carbonyl (C=O) groups is 2. The van der Waals surface area contributed by atoms with Crippen LogP contribution in [-0.2, 0) is 4.79 Å². The number of rotatable bonds is 6. The maximum absolute atomic E-state index is 11.5. The van der Waals surface area contributed by atoms with Gasteiger partial charge < -0.3 is 20.4 Å². The fourth-order valence-electron chi connectivity index (χ4n) is 1.04. The fourth-order valence-corrected chi connectivity index (χ4v) is 1.04. The molecule has 0 heterocycles. The van der Waals surface area contributed by atoms with Crippen molar-refractivity contribution in [1.82, 2.24) is 10.2 Å². The molecule has 6 nitrogen and oxygen atoms in total. The minimum Gasteiger partial charge on any atom is -0.479 e. The molecule has 0 aliphatic heterocycles. The van der Waals surface area contributed by atoms with Gasteiger partial charge in [-0.1, -0.05) is 12.2 Å². The number of hydrogen-bond donors (Lipinski definition) is 3. The Morgan fingerprint density at radius 1 is 1.50 bits per heavy atom. The van der Waals surface area contributed by atoms with E-state index in [1.54, 1.807) is 13.8 Å². The molecule has 0 saturated heterocycles. The molecule has 0 radical (unpaired) electrons. The first kappa shape index (κ1) is 14.4. The lowest BCUT2D eigenvalue weighted by atomic mass is 10.3. The molecule has 0 aromatic rings. The summed E-state index contributed by atoms with van der Waals surface area (Å²) in [6.45, 7) is 7.87. The average molecular weight is 230 g/mol. The number of aliphatic hydroxyl groups excluding tert-OH is 1. The Labute approximate surface area is 94.6 Å². The number of urea groups is 1. The van der Waals surface area contributed by atoms with E-state index in [4.69, 9.17) is 10.2 Å². The van der Waals surface area contributed by atoms with Crippen LogP contribution in [0.1, 0.15) is 13.8 Å². The van der Waals surface area contributed by atoms with Gasteiger partial charge in [0.1, 0.15) is 0 Å². The molecule has 16 heavy (non-hydrogen) atoms. The van der Waals surface area contributed by atoms with Gasteiger partial charge >= 0.3 is 12.0 Å². The SMILES string of the molecule is C=C(C)CN(CC)C(=O)NC[C@H](O)C(=O)O. The summed E-state index contributed by atoms with van der Waals surface area (Å²) in [5.74, 6) is -1.36. The Hall–Kier alpha value is -1.56. The molecule has 0 spiro atoms. The second-order valence-electron chi connectivity index (χ2n) is 3.51. The highest BCUT2D eigenvalue weighted by molar-refractivity contribution is 5.76. The predicted molar refractivity (Wildman–Crippen MR) is 59.1 cm³/mol. The van der Waals surface area contributed by atoms with Crippen LogP contribution in [0.3, 0.4) is 0 Å². The number of amides is 2. The zero-order valence-electron chi connectivity index (χ0n) is 9.56. The fraction of sp³-hybridized carbons (Fsp3) is 0.600. The molecular weight excluding hydrogens is 212 g/mol. The Bertz CT molecular complexity index is 278. The van der Waals surface area contributed by atoms with Gasteiger partial charge in [-0.15, -0.1) is 0 Å². The highest BCUT2D eigenvalue weighted by atomic mass is 16.4. The number of carboxylic acids is 1. The Morgan fingerprint density at radius 2 is 2.06 bits per heavy atom. The third-order valence-electron chi connectivity index (χ3n) is 1.86. The molecule has 3 N–H and O–H groups in total. The normalized spacial score (nSPS) is 11.7. The largest absolute Gasteiger partial charge is 0.479 e. The molecule has 0 fully saturated rings. The lowest BCUT2D eigenvalue weighted by molar-refractivity contribution is -0.146. The van der Waals surface area contributed by atoms with E-state index in [1.165, 1.54) is 4.90 Å². The molecule has 0 rings (SSSR count). The van der Waals surface area contributed by atoms with Crippen molar-refractivity contribution < 1.29 is 19.8 Å². The molecular formula is C10H18N2O4. The third-order valence-corrected chi connectivity index (χ3v) is 1.86. The van der Waals surface area contributed by atoms with Crippen molar-refractivity contribution in [2.24, 2.45) is 0 Å². The summed E-state index contributed by atoms with van der Waals surface area (Å²) in [4.78, 5) is 23.3. The molecule has 0 aromatic heterocycles. The van der Waals surface area contributed by atoms with Crippen molar-refractivity contribution in [2.75, 3.05) is 19.6 Å². The molecule has 0 aliphatic rings. The number of aliphatic carboxylic acids is 1. The summed E-state index contributed by atoms with van der Waals surface area (Å²) in [5.41, 5.74) is 0.829. The maximum atomic E-state index is 11.5. The van der Waals surface area contributed by atoms with Crippen LogP contribution in [0, 0.1) is 0 Å². The first-order valence-electron chi connectivity index (χ1n) is 4.96. The molecule has 0 aliphatic carbocycles. The molecule has 92 valence electrons. The first-order valence-corrected chi connectivity index (χ1v) is 4.96. The van der Waals surface area contributed by atoms with Crippen molar-refractivity contribution in [3.63, 3.8) is 0 Å². The van der Waals surface area contributed by atoms with Crippen molar-refractivity contribution in [3.05, 3.63) is 12.2 Å². The number of carbonyl (C=O) groups excluding carboxylic acids is 1. The first-order chi connectivity index (χ1) is 7.38. The number of nitrogens with one attached hydrogen (secondary N) is 1. The topological polar surface area (TPSA) is 89.9 Å². The van der Waals surface area contributed by atoms with Gasteiger partial charge in [-0.2, -0.15) is 0 Å². The van der Waals surface area contributed by atoms with Gasteiger partial charge in [-0.3, -0.25) is 0 Å². The van der Waals surface area contributed by atoms with Gasteiger partial charge in [0.05, 0.1) is 6.54 Å². The highest BCUT2D eigenvalue weighted by Crippen LogP contribution is 1.96. The van der Waals surface area contributed by atoms with Crippen molar-refractivity contribution in [2.45, 2.75) is 20.0 Å². The van der Waals surface area contributed by atoms with Crippen LogP contribution >= 0.6 is 0 Å². The van der Waals surface area contributed by atoms with E-state index in [9.17, 15) is 9.59 Å². The summed E-state index contributed by atoms with van der Waals surface area (Å²) in [6, 6.07) is -0.411. The highest BCUT2D eigenvalue weighted by Gasteiger charge is 2.16. The quantitative estimate of drug-likeness (QED) is 0.562. The van der Waals surface area contributed by atoms with E-state index in [2.05, 4.69) is 11.9 Å². The standard InChI is InChI=1S/C10H18N2O4/c1-4-12(6-7(2)3)10(16)11-5-8(13)9(14)15/h8,13H,2,4-6H2,1,3H3,(H,11,16)(H,14,15)/t8-/m0/s1. The van der Waals surface area contributed by atoms with Gasteiger partial charge in [-0.25, -0.2) is 9.59 Å². The molecule has 1 atom stereocenters. The van der Waals surface area contributed by atoms with E-state index in [1.807, 2.05) is 0 Å². The predicted octanol–water partition coefficient (Wildman–Crippen LogP) is 0.0395. The number of nitrogens with zero attached hydrogens (tertiary/aromatic N) is 1. The lowest BCUT2D eigenvalue weighted by Crippen LogP contribution is -2.44. The second kappa shape index (κ2) is 6.84. The summed E-state index contributed by atoms with van der Waals surface area (Å²) in [6.07, 6.45) is -1.58. The van der Waals surface area contributed by atoms with Crippen molar-refractivity contribution >= 4 is 12.0 Å². The second-order valence-corrected chi connectivity index (χ2v) is 3.51. The molecule has 6 heteroatoms. The van der Waals surface area contributed by atoms with Gasteiger partial charge in [0.25, 0.3) is 0 Å². The van der Waals surface area contributed by atoms with Crippen LogP contribution in [0.25, 0.3) is 0 Å². The van der Waals surface area contributed by atoms with Gasteiger partial charge in [0.15, 0.2) is 6.10 Å². The zero-order valence-corrected chi connectivity index (χ0v) is 9.56. The van der Waals surface area contributed by atoms with E-state index >= 15 is 0 Å². The summed E-state index contributed by atoms with van der Waals surface area (Å²) in [5, 5.41) is 19.7. The summed E-state index contributed by atoms with van der Waals surface area (Å²) in [7, 11) is 0. The molecule has 0 aromatic carbocycles. The average Bonchev–Trinajstić information content (AvgIpc) is 2.21. The van der Waals surface area contributed by atoms with E-state index in [-0.39, 0.29) is 6.54 Å². The van der Waals surface area contributed by atoms with Crippen molar-refractivity contribution in [3.8, 4) is 0 Å². The van der Waals surface area contributed by atoms with Crippen LogP contribution in [0.5, 0.6) is 0 Å². The molecule has 0 saturated carbocycles. The summed E-state index contributed by atoms with van der Waals surface area (Å²) < 4.78 is 0. The monoisotopic (exact) mass is 230 g/mol. The smallest absolute Gasteiger partial charge is 0.334 e. The maximum Gasteiger partial charge on any atom is 0.334 e. The third kappa shape index (κ3) is 5.35. The van der Waals surface area contributed by atoms with Crippen LogP contribution < -0.4 is 5.32 Å². The van der Waals surface area contributed by atoms with E-state index < -0.39 is 18.1 Å². The van der Waals surface area contributed by atoms with E-state index in [0.29, 0.717) is 13.1 Å². The van der Waals surface area contributed by atoms with Gasteiger partial charge in [0.2, 0.25) is 0 Å². The van der Waals surface area contributed by atoms with Gasteiger partial charge in [-0.05, 0) is 13.8 Å². The van der Waals surface area contributed by atoms with Crippen molar-refractivity contribution in [1.29, 1.82) is 0 Å². The van der Waals surface area contributed by atoms with Gasteiger partial charge in [0, 0.05) is 13.1 Å². The van der Waals surface area contributed by atoms with Crippen LogP contribution in [0.4, 0.5) is 4.79 Å². The Kier molecular flexibility index (Phi) is 6.17. The van der Waals surface area contributed by atoms with Crippen LogP contribution in [-0.4, -0.2) is 52.9 Å². The van der Waals surface area contributed by atoms with E-state index in [0.717, 1.165) is 5.57 Å².